The third kappa shape index (κ3) is 3.13. The van der Waals surface area contributed by atoms with Crippen molar-refractivity contribution in [1.82, 2.24) is 4.98 Å². The Bertz CT molecular complexity index is 1030. The molecule has 0 saturated heterocycles. The monoisotopic (exact) mass is 362 g/mol. The summed E-state index contributed by atoms with van der Waals surface area (Å²) < 4.78 is 16.0. The highest BCUT2D eigenvalue weighted by Gasteiger charge is 2.14. The van der Waals surface area contributed by atoms with Gasteiger partial charge < -0.3 is 14.2 Å². The average Bonchev–Trinajstić information content (AvgIpc) is 3.35. The predicted molar refractivity (Wildman–Crippen MR) is 100 cm³/mol. The van der Waals surface area contributed by atoms with Gasteiger partial charge in [0, 0.05) is 10.9 Å². The molecule has 26 heavy (non-hydrogen) atoms. The zero-order chi connectivity index (χ0) is 17.9. The summed E-state index contributed by atoms with van der Waals surface area (Å²) in [6, 6.07) is 15.5. The average molecular weight is 362 g/mol. The van der Waals surface area contributed by atoms with E-state index in [1.165, 1.54) is 11.3 Å². The van der Waals surface area contributed by atoms with Crippen LogP contribution in [0.25, 0.3) is 22.9 Å². The van der Waals surface area contributed by atoms with Gasteiger partial charge in [-0.05, 0) is 35.9 Å². The first kappa shape index (κ1) is 16.2. The molecule has 2 heterocycles. The number of hydrogen-bond donors (Lipinski definition) is 0. The molecule has 128 valence electrons. The fraction of sp³-hybridized carbons (Fsp3) is 0.100. The van der Waals surface area contributed by atoms with Crippen molar-refractivity contribution in [3.8, 4) is 34.6 Å². The van der Waals surface area contributed by atoms with Gasteiger partial charge in [-0.2, -0.15) is 5.26 Å². The maximum Gasteiger partial charge on any atom is 0.231 e. The molecule has 1 aromatic heterocycles. The first-order chi connectivity index (χ1) is 12.8. The van der Waals surface area contributed by atoms with E-state index in [1.807, 2.05) is 47.8 Å². The number of allylic oxidation sites excluding steroid dienone is 1. The topological polar surface area (TPSA) is 64.4 Å². The van der Waals surface area contributed by atoms with Gasteiger partial charge in [0.15, 0.2) is 11.5 Å². The highest BCUT2D eigenvalue weighted by atomic mass is 32.1. The summed E-state index contributed by atoms with van der Waals surface area (Å²) in [6.07, 6.45) is 1.80. The number of nitrogens with zero attached hydrogens (tertiary/aromatic N) is 2. The Labute approximate surface area is 154 Å². The van der Waals surface area contributed by atoms with Gasteiger partial charge in [-0.15, -0.1) is 11.3 Å². The van der Waals surface area contributed by atoms with Gasteiger partial charge in [-0.3, -0.25) is 0 Å². The maximum absolute atomic E-state index is 9.57. The molecule has 0 N–H and O–H groups in total. The van der Waals surface area contributed by atoms with Crippen molar-refractivity contribution in [1.29, 1.82) is 5.26 Å². The Balaban J connectivity index is 1.65. The highest BCUT2D eigenvalue weighted by Crippen LogP contribution is 2.34. The quantitative estimate of drug-likeness (QED) is 0.634. The third-order valence-corrected chi connectivity index (χ3v) is 4.80. The molecule has 4 rings (SSSR count). The molecular weight excluding hydrogens is 348 g/mol. The van der Waals surface area contributed by atoms with Gasteiger partial charge in [0.05, 0.1) is 18.4 Å². The first-order valence-corrected chi connectivity index (χ1v) is 8.76. The van der Waals surface area contributed by atoms with E-state index < -0.39 is 0 Å². The summed E-state index contributed by atoms with van der Waals surface area (Å²) >= 11 is 1.44. The second kappa shape index (κ2) is 6.90. The van der Waals surface area contributed by atoms with Gasteiger partial charge >= 0.3 is 0 Å². The summed E-state index contributed by atoms with van der Waals surface area (Å²) in [7, 11) is 1.63. The SMILES string of the molecule is COc1cccc(-c2csc(C(C#N)=Cc3ccc4c(c3)OCO4)n2)c1. The number of benzene rings is 2. The highest BCUT2D eigenvalue weighted by molar-refractivity contribution is 7.11. The van der Waals surface area contributed by atoms with Crippen LogP contribution in [0, 0.1) is 11.3 Å². The van der Waals surface area contributed by atoms with Crippen molar-refractivity contribution >= 4 is 23.0 Å². The number of aromatic nitrogens is 1. The minimum atomic E-state index is 0.226. The lowest BCUT2D eigenvalue weighted by Gasteiger charge is -2.01. The summed E-state index contributed by atoms with van der Waals surface area (Å²) in [5.74, 6) is 2.18. The molecular formula is C20H14N2O3S. The van der Waals surface area contributed by atoms with Crippen molar-refractivity contribution in [2.45, 2.75) is 0 Å². The van der Waals surface area contributed by atoms with E-state index in [2.05, 4.69) is 11.1 Å². The number of rotatable bonds is 4. The van der Waals surface area contributed by atoms with Crippen LogP contribution in [0.3, 0.4) is 0 Å². The fourth-order valence-electron chi connectivity index (χ4n) is 2.62. The van der Waals surface area contributed by atoms with Crippen molar-refractivity contribution in [2.24, 2.45) is 0 Å². The minimum Gasteiger partial charge on any atom is -0.497 e. The van der Waals surface area contributed by atoms with Crippen molar-refractivity contribution in [3.05, 3.63) is 58.4 Å². The van der Waals surface area contributed by atoms with Crippen LogP contribution < -0.4 is 14.2 Å². The van der Waals surface area contributed by atoms with E-state index in [1.54, 1.807) is 13.2 Å². The van der Waals surface area contributed by atoms with Crippen LogP contribution in [0.4, 0.5) is 0 Å². The Morgan fingerprint density at radius 2 is 2.12 bits per heavy atom. The number of ether oxygens (including phenoxy) is 3. The molecule has 5 nitrogen and oxygen atoms in total. The lowest BCUT2D eigenvalue weighted by atomic mass is 10.1. The molecule has 0 amide bonds. The van der Waals surface area contributed by atoms with Crippen LogP contribution in [-0.2, 0) is 0 Å². The summed E-state index contributed by atoms with van der Waals surface area (Å²) in [5, 5.41) is 12.2. The van der Waals surface area contributed by atoms with Crippen molar-refractivity contribution < 1.29 is 14.2 Å². The molecule has 0 aliphatic carbocycles. The van der Waals surface area contributed by atoms with E-state index in [0.29, 0.717) is 16.3 Å². The van der Waals surface area contributed by atoms with Crippen LogP contribution in [0.5, 0.6) is 17.2 Å². The predicted octanol–water partition coefficient (Wildman–Crippen LogP) is 4.61. The maximum atomic E-state index is 9.57. The summed E-state index contributed by atoms with van der Waals surface area (Å²) in [5.41, 5.74) is 3.13. The molecule has 1 aliphatic rings. The zero-order valence-corrected chi connectivity index (χ0v) is 14.7. The van der Waals surface area contributed by atoms with E-state index in [9.17, 15) is 5.26 Å². The molecule has 0 bridgehead atoms. The van der Waals surface area contributed by atoms with E-state index in [4.69, 9.17) is 14.2 Å². The molecule has 0 radical (unpaired) electrons. The largest absolute Gasteiger partial charge is 0.497 e. The van der Waals surface area contributed by atoms with E-state index in [-0.39, 0.29) is 6.79 Å². The van der Waals surface area contributed by atoms with E-state index >= 15 is 0 Å². The molecule has 1 aliphatic heterocycles. The molecule has 3 aromatic rings. The first-order valence-electron chi connectivity index (χ1n) is 7.88. The standard InChI is InChI=1S/C20H14N2O3S/c1-23-16-4-2-3-14(9-16)17-11-26-20(22-17)15(10-21)7-13-5-6-18-19(8-13)25-12-24-18/h2-9,11H,12H2,1H3. The molecule has 0 atom stereocenters. The van der Waals surface area contributed by atoms with E-state index in [0.717, 1.165) is 28.3 Å². The van der Waals surface area contributed by atoms with Crippen LogP contribution in [0.1, 0.15) is 10.6 Å². The molecule has 2 aromatic carbocycles. The fourth-order valence-corrected chi connectivity index (χ4v) is 3.42. The Kier molecular flexibility index (Phi) is 4.30. The van der Waals surface area contributed by atoms with Crippen LogP contribution in [-0.4, -0.2) is 18.9 Å². The van der Waals surface area contributed by atoms with Gasteiger partial charge in [0.2, 0.25) is 6.79 Å². The normalized spacial score (nSPS) is 12.7. The Hall–Kier alpha value is -3.30. The minimum absolute atomic E-state index is 0.226. The number of nitriles is 1. The summed E-state index contributed by atoms with van der Waals surface area (Å²) in [4.78, 5) is 4.61. The molecule has 0 unspecified atom stereocenters. The molecule has 0 saturated carbocycles. The van der Waals surface area contributed by atoms with Crippen LogP contribution in [0.15, 0.2) is 47.8 Å². The van der Waals surface area contributed by atoms with Gasteiger partial charge in [0.25, 0.3) is 0 Å². The molecule has 0 spiro atoms. The van der Waals surface area contributed by atoms with Crippen molar-refractivity contribution in [3.63, 3.8) is 0 Å². The lowest BCUT2D eigenvalue weighted by Crippen LogP contribution is -1.92. The van der Waals surface area contributed by atoms with Crippen LogP contribution >= 0.6 is 11.3 Å². The number of thiazole rings is 1. The second-order valence-electron chi connectivity index (χ2n) is 5.55. The van der Waals surface area contributed by atoms with Crippen LogP contribution in [0.2, 0.25) is 0 Å². The van der Waals surface area contributed by atoms with Gasteiger partial charge in [-0.1, -0.05) is 18.2 Å². The molecule has 6 heteroatoms. The smallest absolute Gasteiger partial charge is 0.231 e. The number of hydrogen-bond acceptors (Lipinski definition) is 6. The number of methoxy groups -OCH3 is 1. The van der Waals surface area contributed by atoms with Gasteiger partial charge in [0.1, 0.15) is 16.8 Å². The lowest BCUT2D eigenvalue weighted by molar-refractivity contribution is 0.174. The Morgan fingerprint density at radius 3 is 2.96 bits per heavy atom. The third-order valence-electron chi connectivity index (χ3n) is 3.93. The van der Waals surface area contributed by atoms with Gasteiger partial charge in [-0.25, -0.2) is 4.98 Å². The zero-order valence-electron chi connectivity index (χ0n) is 13.9. The molecule has 0 fully saturated rings. The Morgan fingerprint density at radius 1 is 1.23 bits per heavy atom. The second-order valence-corrected chi connectivity index (χ2v) is 6.41. The summed E-state index contributed by atoms with van der Waals surface area (Å²) in [6.45, 7) is 0.226. The number of fused-ring (bicyclic) bond motifs is 1. The van der Waals surface area contributed by atoms with Crippen molar-refractivity contribution in [2.75, 3.05) is 13.9 Å².